The van der Waals surface area contributed by atoms with Crippen LogP contribution >= 0.6 is 11.6 Å². The first kappa shape index (κ1) is 23.2. The normalized spacial score (nSPS) is 20.9. The van der Waals surface area contributed by atoms with Crippen LogP contribution in [0, 0.1) is 11.6 Å². The monoisotopic (exact) mass is 513 g/mol. The minimum absolute atomic E-state index is 0.0105. The van der Waals surface area contributed by atoms with Gasteiger partial charge in [0, 0.05) is 23.7 Å². The molecule has 4 aromatic rings. The Bertz CT molecular complexity index is 1420. The van der Waals surface area contributed by atoms with Crippen molar-refractivity contribution >= 4 is 28.5 Å². The van der Waals surface area contributed by atoms with Crippen molar-refractivity contribution in [3.8, 4) is 11.3 Å². The van der Waals surface area contributed by atoms with Crippen LogP contribution in [0.3, 0.4) is 0 Å². The van der Waals surface area contributed by atoms with E-state index < -0.39 is 23.8 Å². The number of hydrogen-bond acceptors (Lipinski definition) is 6. The molecular formula is C25H23ClF3N7. The Morgan fingerprint density at radius 2 is 1.86 bits per heavy atom. The summed E-state index contributed by atoms with van der Waals surface area (Å²) in [5, 5.41) is 7.98. The second-order valence-corrected chi connectivity index (χ2v) is 9.57. The highest BCUT2D eigenvalue weighted by atomic mass is 35.5. The summed E-state index contributed by atoms with van der Waals surface area (Å²) in [6.45, 7) is 1.88. The highest BCUT2D eigenvalue weighted by molar-refractivity contribution is 6.28. The van der Waals surface area contributed by atoms with Gasteiger partial charge in [0.15, 0.2) is 0 Å². The molecule has 2 aliphatic rings. The molecule has 36 heavy (non-hydrogen) atoms. The van der Waals surface area contributed by atoms with Crippen LogP contribution in [-0.2, 0) is 0 Å². The number of nitrogens with zero attached hydrogens (tertiary/aromatic N) is 6. The van der Waals surface area contributed by atoms with Crippen LogP contribution in [0.2, 0.25) is 5.28 Å². The van der Waals surface area contributed by atoms with Gasteiger partial charge in [-0.1, -0.05) is 0 Å². The smallest absolute Gasteiger partial charge is 0.223 e. The molecule has 2 atom stereocenters. The van der Waals surface area contributed by atoms with E-state index in [4.69, 9.17) is 16.6 Å². The van der Waals surface area contributed by atoms with E-state index in [1.54, 1.807) is 23.2 Å². The lowest BCUT2D eigenvalue weighted by molar-refractivity contribution is 0.343. The number of halogens is 4. The number of piperidine rings is 1. The second kappa shape index (κ2) is 9.33. The van der Waals surface area contributed by atoms with Gasteiger partial charge in [-0.05, 0) is 67.9 Å². The van der Waals surface area contributed by atoms with E-state index in [-0.39, 0.29) is 23.8 Å². The van der Waals surface area contributed by atoms with Gasteiger partial charge >= 0.3 is 0 Å². The lowest BCUT2D eigenvalue weighted by atomic mass is 10.0. The van der Waals surface area contributed by atoms with Crippen LogP contribution < -0.4 is 10.2 Å². The predicted octanol–water partition coefficient (Wildman–Crippen LogP) is 5.03. The zero-order valence-electron chi connectivity index (χ0n) is 19.2. The number of fused-ring (bicyclic) bond motifs is 1. The third-order valence-electron chi connectivity index (χ3n) is 6.92. The van der Waals surface area contributed by atoms with E-state index in [1.165, 1.54) is 0 Å². The van der Waals surface area contributed by atoms with Crippen LogP contribution in [0.25, 0.3) is 22.3 Å². The lowest BCUT2D eigenvalue weighted by Gasteiger charge is -2.26. The average molecular weight is 514 g/mol. The van der Waals surface area contributed by atoms with Crippen LogP contribution in [0.1, 0.15) is 36.9 Å². The molecule has 1 N–H and O–H groups in total. The molecule has 0 amide bonds. The Morgan fingerprint density at radius 1 is 1.03 bits per heavy atom. The molecular weight excluding hydrogens is 491 g/mol. The zero-order valence-corrected chi connectivity index (χ0v) is 20.0. The molecule has 1 aromatic carbocycles. The van der Waals surface area contributed by atoms with Gasteiger partial charge in [-0.2, -0.15) is 5.10 Å². The summed E-state index contributed by atoms with van der Waals surface area (Å²) in [6, 6.07) is 6.26. The van der Waals surface area contributed by atoms with Gasteiger partial charge in [-0.15, -0.1) is 0 Å². The van der Waals surface area contributed by atoms with Crippen molar-refractivity contribution in [3.05, 3.63) is 65.2 Å². The van der Waals surface area contributed by atoms with E-state index in [1.807, 2.05) is 10.9 Å². The molecule has 0 radical (unpaired) electrons. The van der Waals surface area contributed by atoms with Gasteiger partial charge in [-0.25, -0.2) is 28.1 Å². The van der Waals surface area contributed by atoms with Crippen LogP contribution in [0.4, 0.5) is 19.0 Å². The first-order chi connectivity index (χ1) is 17.5. The first-order valence-corrected chi connectivity index (χ1v) is 12.3. The molecule has 0 saturated carbocycles. The number of anilines is 1. The molecule has 7 nitrogen and oxygen atoms in total. The fraction of sp³-hybridized carbons (Fsp3) is 0.360. The average Bonchev–Trinajstić information content (AvgIpc) is 3.52. The van der Waals surface area contributed by atoms with Crippen molar-refractivity contribution in [1.82, 2.24) is 30.0 Å². The maximum absolute atomic E-state index is 14.6. The van der Waals surface area contributed by atoms with Crippen molar-refractivity contribution < 1.29 is 13.2 Å². The van der Waals surface area contributed by atoms with Crippen molar-refractivity contribution in [3.63, 3.8) is 0 Å². The van der Waals surface area contributed by atoms with E-state index in [9.17, 15) is 13.2 Å². The number of benzene rings is 1. The molecule has 2 fully saturated rings. The van der Waals surface area contributed by atoms with E-state index >= 15 is 0 Å². The van der Waals surface area contributed by atoms with Gasteiger partial charge in [-0.3, -0.25) is 4.68 Å². The molecule has 0 bridgehead atoms. The van der Waals surface area contributed by atoms with Gasteiger partial charge in [0.2, 0.25) is 5.28 Å². The SMILES string of the molecule is Fc1ccc(F)c([C@H]2C[C@H](F)CN2c2ccc3nc(Cl)nc(-c4cnn(C5CCNCC5)c4)c3n2)c1. The van der Waals surface area contributed by atoms with Gasteiger partial charge < -0.3 is 10.2 Å². The van der Waals surface area contributed by atoms with Crippen molar-refractivity contribution in [2.75, 3.05) is 24.5 Å². The van der Waals surface area contributed by atoms with Gasteiger partial charge in [0.25, 0.3) is 0 Å². The highest BCUT2D eigenvalue weighted by Gasteiger charge is 2.36. The molecule has 5 heterocycles. The second-order valence-electron chi connectivity index (χ2n) is 9.24. The molecule has 2 saturated heterocycles. The van der Waals surface area contributed by atoms with E-state index in [2.05, 4.69) is 20.4 Å². The summed E-state index contributed by atoms with van der Waals surface area (Å²) in [7, 11) is 0. The molecule has 0 unspecified atom stereocenters. The minimum Gasteiger partial charge on any atom is -0.346 e. The minimum atomic E-state index is -1.21. The Balaban J connectivity index is 1.41. The molecule has 186 valence electrons. The topological polar surface area (TPSA) is 71.8 Å². The lowest BCUT2D eigenvalue weighted by Crippen LogP contribution is -2.29. The largest absolute Gasteiger partial charge is 0.346 e. The number of nitrogens with one attached hydrogen (secondary N) is 1. The maximum Gasteiger partial charge on any atom is 0.223 e. The van der Waals surface area contributed by atoms with Crippen LogP contribution in [-0.4, -0.2) is 50.5 Å². The molecule has 0 aliphatic carbocycles. The summed E-state index contributed by atoms with van der Waals surface area (Å²) in [5.41, 5.74) is 2.35. The highest BCUT2D eigenvalue weighted by Crippen LogP contribution is 2.39. The van der Waals surface area contributed by atoms with Gasteiger partial charge in [0.1, 0.15) is 34.8 Å². The first-order valence-electron chi connectivity index (χ1n) is 11.9. The summed E-state index contributed by atoms with van der Waals surface area (Å²) in [6.07, 6.45) is 4.44. The molecule has 0 spiro atoms. The fourth-order valence-corrected chi connectivity index (χ4v) is 5.35. The molecule has 3 aromatic heterocycles. The van der Waals surface area contributed by atoms with E-state index in [0.717, 1.165) is 49.7 Å². The summed E-state index contributed by atoms with van der Waals surface area (Å²) in [5.74, 6) is -0.729. The number of pyridine rings is 1. The maximum atomic E-state index is 14.6. The van der Waals surface area contributed by atoms with Crippen molar-refractivity contribution in [2.24, 2.45) is 0 Å². The quantitative estimate of drug-likeness (QED) is 0.386. The molecule has 2 aliphatic heterocycles. The third-order valence-corrected chi connectivity index (χ3v) is 7.09. The molecule has 11 heteroatoms. The number of alkyl halides is 1. The number of aromatic nitrogens is 5. The Hall–Kier alpha value is -3.24. The summed E-state index contributed by atoms with van der Waals surface area (Å²) < 4.78 is 45.0. The zero-order chi connectivity index (χ0) is 24.8. The molecule has 6 rings (SSSR count). The van der Waals surface area contributed by atoms with Crippen LogP contribution in [0.5, 0.6) is 0 Å². The predicted molar refractivity (Wildman–Crippen MR) is 131 cm³/mol. The Morgan fingerprint density at radius 3 is 2.69 bits per heavy atom. The number of rotatable bonds is 4. The van der Waals surface area contributed by atoms with Crippen molar-refractivity contribution in [1.29, 1.82) is 0 Å². The number of hydrogen-bond donors (Lipinski definition) is 1. The standard InChI is InChI=1S/C25H23ClF3N7/c26-25-32-20-3-4-22(35-13-16(28)10-21(35)18-9-15(27)1-2-19(18)29)33-24(20)23(34-25)14-11-31-36(12-14)17-5-7-30-8-6-17/h1-4,9,11-12,16-17,21,30H,5-8,10,13H2/t16-,21+/m0/s1. The van der Waals surface area contributed by atoms with Gasteiger partial charge in [0.05, 0.1) is 30.3 Å². The van der Waals surface area contributed by atoms with Crippen LogP contribution in [0.15, 0.2) is 42.7 Å². The third kappa shape index (κ3) is 4.28. The van der Waals surface area contributed by atoms with E-state index in [0.29, 0.717) is 28.6 Å². The van der Waals surface area contributed by atoms with Crippen molar-refractivity contribution in [2.45, 2.75) is 37.5 Å². The Kier molecular flexibility index (Phi) is 6.00. The Labute approximate surface area is 210 Å². The fourth-order valence-electron chi connectivity index (χ4n) is 5.17. The summed E-state index contributed by atoms with van der Waals surface area (Å²) in [4.78, 5) is 15.2. The summed E-state index contributed by atoms with van der Waals surface area (Å²) >= 11 is 6.23.